The van der Waals surface area contributed by atoms with Crippen LogP contribution in [0.2, 0.25) is 0 Å². The van der Waals surface area contributed by atoms with Gasteiger partial charge in [0.05, 0.1) is 6.04 Å². The molecule has 1 unspecified atom stereocenters. The Hall–Kier alpha value is -1.35. The lowest BCUT2D eigenvalue weighted by Gasteiger charge is -2.07. The summed E-state index contributed by atoms with van der Waals surface area (Å²) in [5.41, 5.74) is 3.01. The number of para-hydroxylation sites is 1. The van der Waals surface area contributed by atoms with E-state index in [1.165, 1.54) is 0 Å². The Morgan fingerprint density at radius 1 is 1.47 bits per heavy atom. The first-order valence-corrected chi connectivity index (χ1v) is 5.29. The Kier molecular flexibility index (Phi) is 2.73. The third kappa shape index (κ3) is 1.75. The lowest BCUT2D eigenvalue weighted by molar-refractivity contribution is 0.427. The van der Waals surface area contributed by atoms with Crippen LogP contribution in [-0.2, 0) is 0 Å². The van der Waals surface area contributed by atoms with Gasteiger partial charge >= 0.3 is 0 Å². The summed E-state index contributed by atoms with van der Waals surface area (Å²) in [6, 6.07) is 6.21. The molecule has 3 heteroatoms. The lowest BCUT2D eigenvalue weighted by atomic mass is 10.2. The highest BCUT2D eigenvalue weighted by molar-refractivity contribution is 5.76. The van der Waals surface area contributed by atoms with E-state index in [9.17, 15) is 0 Å². The van der Waals surface area contributed by atoms with Gasteiger partial charge in [-0.1, -0.05) is 19.1 Å². The molecular weight excluding hydrogens is 188 g/mol. The predicted molar refractivity (Wildman–Crippen MR) is 60.8 cm³/mol. The maximum Gasteiger partial charge on any atom is 0.212 e. The summed E-state index contributed by atoms with van der Waals surface area (Å²) in [6.07, 6.45) is 0.975. The number of aromatic nitrogens is 1. The molecule has 0 radical (unpaired) electrons. The molecule has 0 fully saturated rings. The third-order valence-corrected chi connectivity index (χ3v) is 2.69. The van der Waals surface area contributed by atoms with Crippen molar-refractivity contribution in [3.8, 4) is 0 Å². The molecule has 80 valence electrons. The van der Waals surface area contributed by atoms with Gasteiger partial charge in [0.1, 0.15) is 5.52 Å². The van der Waals surface area contributed by atoms with Crippen molar-refractivity contribution in [2.24, 2.45) is 0 Å². The topological polar surface area (TPSA) is 38.1 Å². The van der Waals surface area contributed by atoms with Gasteiger partial charge < -0.3 is 9.73 Å². The average Bonchev–Trinajstić information content (AvgIpc) is 2.65. The van der Waals surface area contributed by atoms with Gasteiger partial charge in [0.15, 0.2) is 5.58 Å². The van der Waals surface area contributed by atoms with E-state index in [-0.39, 0.29) is 6.04 Å². The number of hydrogen-bond donors (Lipinski definition) is 1. The minimum Gasteiger partial charge on any atom is -0.439 e. The van der Waals surface area contributed by atoms with E-state index in [0.29, 0.717) is 0 Å². The molecule has 0 saturated carbocycles. The molecule has 0 aliphatic heterocycles. The maximum atomic E-state index is 5.72. The van der Waals surface area contributed by atoms with E-state index < -0.39 is 0 Å². The summed E-state index contributed by atoms with van der Waals surface area (Å²) in [4.78, 5) is 4.53. The van der Waals surface area contributed by atoms with Crippen LogP contribution in [0.15, 0.2) is 22.6 Å². The van der Waals surface area contributed by atoms with E-state index in [1.807, 2.05) is 19.2 Å². The highest BCUT2D eigenvalue weighted by Gasteiger charge is 2.14. The molecule has 1 aromatic heterocycles. The van der Waals surface area contributed by atoms with Crippen LogP contribution < -0.4 is 5.32 Å². The summed E-state index contributed by atoms with van der Waals surface area (Å²) in [7, 11) is 1.93. The highest BCUT2D eigenvalue weighted by Crippen LogP contribution is 2.23. The van der Waals surface area contributed by atoms with Crippen LogP contribution >= 0.6 is 0 Å². The molecular formula is C12H16N2O. The van der Waals surface area contributed by atoms with Crippen molar-refractivity contribution in [2.45, 2.75) is 26.3 Å². The Labute approximate surface area is 89.5 Å². The predicted octanol–water partition coefficient (Wildman–Crippen LogP) is 2.81. The fourth-order valence-corrected chi connectivity index (χ4v) is 1.75. The van der Waals surface area contributed by atoms with Gasteiger partial charge in [-0.05, 0) is 32.0 Å². The van der Waals surface area contributed by atoms with E-state index in [0.717, 1.165) is 29.0 Å². The SMILES string of the molecule is CCC(NC)c1nc2c(C)cccc2o1. The number of nitrogens with zero attached hydrogens (tertiary/aromatic N) is 1. The zero-order valence-corrected chi connectivity index (χ0v) is 9.37. The number of rotatable bonds is 3. The minimum atomic E-state index is 0.205. The molecule has 0 amide bonds. The third-order valence-electron chi connectivity index (χ3n) is 2.69. The molecule has 1 N–H and O–H groups in total. The second kappa shape index (κ2) is 4.03. The van der Waals surface area contributed by atoms with E-state index in [1.54, 1.807) is 0 Å². The molecule has 0 bridgehead atoms. The van der Waals surface area contributed by atoms with Crippen LogP contribution in [0.5, 0.6) is 0 Å². The molecule has 1 atom stereocenters. The molecule has 2 aromatic rings. The number of benzene rings is 1. The van der Waals surface area contributed by atoms with Crippen molar-refractivity contribution >= 4 is 11.1 Å². The Balaban J connectivity index is 2.51. The second-order valence-corrected chi connectivity index (χ2v) is 3.72. The number of hydrogen-bond acceptors (Lipinski definition) is 3. The van der Waals surface area contributed by atoms with Gasteiger partial charge in [0, 0.05) is 0 Å². The second-order valence-electron chi connectivity index (χ2n) is 3.72. The first-order valence-electron chi connectivity index (χ1n) is 5.29. The van der Waals surface area contributed by atoms with Gasteiger partial charge in [-0.25, -0.2) is 4.98 Å². The van der Waals surface area contributed by atoms with Crippen molar-refractivity contribution in [1.29, 1.82) is 0 Å². The first-order chi connectivity index (χ1) is 7.26. The van der Waals surface area contributed by atoms with Crippen LogP contribution in [0.4, 0.5) is 0 Å². The molecule has 1 heterocycles. The summed E-state index contributed by atoms with van der Waals surface area (Å²) >= 11 is 0. The fraction of sp³-hybridized carbons (Fsp3) is 0.417. The fourth-order valence-electron chi connectivity index (χ4n) is 1.75. The van der Waals surface area contributed by atoms with E-state index >= 15 is 0 Å². The van der Waals surface area contributed by atoms with Gasteiger partial charge in [0.25, 0.3) is 0 Å². The zero-order valence-electron chi connectivity index (χ0n) is 9.37. The summed E-state index contributed by atoms with van der Waals surface area (Å²) in [6.45, 7) is 4.16. The molecule has 0 aliphatic rings. The molecule has 0 saturated heterocycles. The van der Waals surface area contributed by atoms with Crippen molar-refractivity contribution in [1.82, 2.24) is 10.3 Å². The lowest BCUT2D eigenvalue weighted by Crippen LogP contribution is -2.15. The molecule has 2 rings (SSSR count). The van der Waals surface area contributed by atoms with E-state index in [2.05, 4.69) is 30.2 Å². The van der Waals surface area contributed by atoms with Crippen molar-refractivity contribution < 1.29 is 4.42 Å². The molecule has 0 spiro atoms. The van der Waals surface area contributed by atoms with Crippen LogP contribution in [0.3, 0.4) is 0 Å². The van der Waals surface area contributed by atoms with Crippen LogP contribution in [0.1, 0.15) is 30.8 Å². The summed E-state index contributed by atoms with van der Waals surface area (Å²) < 4.78 is 5.72. The van der Waals surface area contributed by atoms with E-state index in [4.69, 9.17) is 4.42 Å². The van der Waals surface area contributed by atoms with Crippen LogP contribution in [-0.4, -0.2) is 12.0 Å². The minimum absolute atomic E-state index is 0.205. The number of fused-ring (bicyclic) bond motifs is 1. The van der Waals surface area contributed by atoms with Gasteiger partial charge in [0.2, 0.25) is 5.89 Å². The standard InChI is InChI=1S/C12H16N2O/c1-4-9(13-3)12-14-11-8(2)6-5-7-10(11)15-12/h5-7,9,13H,4H2,1-3H3. The first kappa shape index (κ1) is 10.2. The maximum absolute atomic E-state index is 5.72. The van der Waals surface area contributed by atoms with Crippen molar-refractivity contribution in [2.75, 3.05) is 7.05 Å². The largest absolute Gasteiger partial charge is 0.439 e. The normalized spacial score (nSPS) is 13.3. The number of aryl methyl sites for hydroxylation is 1. The molecule has 3 nitrogen and oxygen atoms in total. The van der Waals surface area contributed by atoms with Crippen molar-refractivity contribution in [3.05, 3.63) is 29.7 Å². The van der Waals surface area contributed by atoms with Gasteiger partial charge in [-0.15, -0.1) is 0 Å². The van der Waals surface area contributed by atoms with Crippen LogP contribution in [0.25, 0.3) is 11.1 Å². The quantitative estimate of drug-likeness (QED) is 0.835. The molecule has 15 heavy (non-hydrogen) atoms. The average molecular weight is 204 g/mol. The number of nitrogens with one attached hydrogen (secondary N) is 1. The van der Waals surface area contributed by atoms with Gasteiger partial charge in [-0.3, -0.25) is 0 Å². The molecule has 0 aliphatic carbocycles. The highest BCUT2D eigenvalue weighted by atomic mass is 16.3. The Bertz CT molecular complexity index is 458. The Morgan fingerprint density at radius 3 is 2.87 bits per heavy atom. The number of oxazole rings is 1. The van der Waals surface area contributed by atoms with Gasteiger partial charge in [-0.2, -0.15) is 0 Å². The molecule has 1 aromatic carbocycles. The smallest absolute Gasteiger partial charge is 0.212 e. The monoisotopic (exact) mass is 204 g/mol. The summed E-state index contributed by atoms with van der Waals surface area (Å²) in [5, 5.41) is 3.19. The zero-order chi connectivity index (χ0) is 10.8. The van der Waals surface area contributed by atoms with Crippen molar-refractivity contribution in [3.63, 3.8) is 0 Å². The summed E-state index contributed by atoms with van der Waals surface area (Å²) in [5.74, 6) is 0.782. The Morgan fingerprint density at radius 2 is 2.27 bits per heavy atom. The van der Waals surface area contributed by atoms with Crippen LogP contribution in [0, 0.1) is 6.92 Å².